The van der Waals surface area contributed by atoms with Crippen molar-refractivity contribution in [1.29, 1.82) is 0 Å². The summed E-state index contributed by atoms with van der Waals surface area (Å²) in [6.07, 6.45) is 2.97. The molecule has 1 aromatic rings. The number of esters is 2. The van der Waals surface area contributed by atoms with E-state index in [2.05, 4.69) is 20.8 Å². The Kier molecular flexibility index (Phi) is 8.80. The van der Waals surface area contributed by atoms with Crippen molar-refractivity contribution in [3.05, 3.63) is 23.8 Å². The highest BCUT2D eigenvalue weighted by Crippen LogP contribution is 2.35. The molecule has 3 atom stereocenters. The monoisotopic (exact) mass is 406 g/mol. The van der Waals surface area contributed by atoms with E-state index in [4.69, 9.17) is 18.9 Å². The van der Waals surface area contributed by atoms with Gasteiger partial charge in [0.05, 0.1) is 18.8 Å². The van der Waals surface area contributed by atoms with Crippen molar-refractivity contribution in [3.8, 4) is 11.5 Å². The average molecular weight is 407 g/mol. The molecule has 1 aliphatic carbocycles. The maximum atomic E-state index is 12.4. The summed E-state index contributed by atoms with van der Waals surface area (Å²) in [5, 5.41) is 0. The zero-order valence-corrected chi connectivity index (χ0v) is 18.2. The Morgan fingerprint density at radius 1 is 1.07 bits per heavy atom. The molecule has 6 nitrogen and oxygen atoms in total. The van der Waals surface area contributed by atoms with Crippen LogP contribution in [0.5, 0.6) is 11.5 Å². The normalized spacial score (nSPS) is 21.5. The van der Waals surface area contributed by atoms with Gasteiger partial charge in [0.2, 0.25) is 0 Å². The maximum Gasteiger partial charge on any atom is 0.344 e. The molecule has 0 radical (unpaired) electrons. The smallest absolute Gasteiger partial charge is 0.344 e. The number of hydrogen-bond donors (Lipinski definition) is 0. The highest BCUT2D eigenvalue weighted by molar-refractivity contribution is 5.91. The molecule has 2 rings (SSSR count). The Hall–Kier alpha value is -2.24. The molecule has 1 aromatic carbocycles. The van der Waals surface area contributed by atoms with Crippen molar-refractivity contribution in [3.63, 3.8) is 0 Å². The third-order valence-corrected chi connectivity index (χ3v) is 5.34. The Balaban J connectivity index is 1.94. The predicted octanol–water partition coefficient (Wildman–Crippen LogP) is 4.64. The summed E-state index contributed by atoms with van der Waals surface area (Å²) in [7, 11) is 0. The summed E-state index contributed by atoms with van der Waals surface area (Å²) in [5.74, 6) is 1.28. The summed E-state index contributed by atoms with van der Waals surface area (Å²) in [6, 6.07) is 4.83. The van der Waals surface area contributed by atoms with Crippen LogP contribution in [0.4, 0.5) is 0 Å². The van der Waals surface area contributed by atoms with Gasteiger partial charge < -0.3 is 18.9 Å². The molecular weight excluding hydrogens is 372 g/mol. The maximum absolute atomic E-state index is 12.4. The first kappa shape index (κ1) is 23.0. The topological polar surface area (TPSA) is 71.1 Å². The molecule has 0 saturated heterocycles. The SMILES string of the molecule is CCOc1ccc(C(=O)OCC(=O)O[C@H]2C[C@@H](C)CC[C@@H]2C(C)C)cc1OCC. The molecule has 0 spiro atoms. The number of carbonyl (C=O) groups excluding carboxylic acids is 2. The van der Waals surface area contributed by atoms with Crippen LogP contribution >= 0.6 is 0 Å². The number of rotatable bonds is 9. The zero-order chi connectivity index (χ0) is 21.4. The van der Waals surface area contributed by atoms with Gasteiger partial charge in [0.1, 0.15) is 6.10 Å². The minimum Gasteiger partial charge on any atom is -0.490 e. The van der Waals surface area contributed by atoms with Gasteiger partial charge in [-0.1, -0.05) is 27.2 Å². The van der Waals surface area contributed by atoms with Crippen LogP contribution in [0.3, 0.4) is 0 Å². The van der Waals surface area contributed by atoms with E-state index in [0.29, 0.717) is 48.0 Å². The van der Waals surface area contributed by atoms with E-state index in [1.807, 2.05) is 13.8 Å². The number of carbonyl (C=O) groups is 2. The van der Waals surface area contributed by atoms with Crippen LogP contribution in [0.1, 0.15) is 64.2 Å². The van der Waals surface area contributed by atoms with Gasteiger partial charge in [0, 0.05) is 0 Å². The molecular formula is C23H34O6. The highest BCUT2D eigenvalue weighted by atomic mass is 16.6. The summed E-state index contributed by atoms with van der Waals surface area (Å²) in [4.78, 5) is 24.7. The number of benzene rings is 1. The van der Waals surface area contributed by atoms with Crippen LogP contribution in [-0.4, -0.2) is 37.9 Å². The van der Waals surface area contributed by atoms with Crippen LogP contribution in [0, 0.1) is 17.8 Å². The van der Waals surface area contributed by atoms with Gasteiger partial charge >= 0.3 is 11.9 Å². The highest BCUT2D eigenvalue weighted by Gasteiger charge is 2.33. The number of ether oxygens (including phenoxy) is 4. The van der Waals surface area contributed by atoms with E-state index in [0.717, 1.165) is 19.3 Å². The molecule has 0 unspecified atom stereocenters. The first-order valence-electron chi connectivity index (χ1n) is 10.6. The number of hydrogen-bond acceptors (Lipinski definition) is 6. The molecule has 0 bridgehead atoms. The second-order valence-electron chi connectivity index (χ2n) is 7.96. The molecule has 1 fully saturated rings. The van der Waals surface area contributed by atoms with E-state index in [-0.39, 0.29) is 6.10 Å². The molecule has 0 aromatic heterocycles. The second-order valence-corrected chi connectivity index (χ2v) is 7.96. The van der Waals surface area contributed by atoms with Crippen LogP contribution < -0.4 is 9.47 Å². The van der Waals surface area contributed by atoms with Crippen molar-refractivity contribution in [2.24, 2.45) is 17.8 Å². The predicted molar refractivity (Wildman–Crippen MR) is 110 cm³/mol. The van der Waals surface area contributed by atoms with E-state index >= 15 is 0 Å². The quantitative estimate of drug-likeness (QED) is 0.556. The molecule has 162 valence electrons. The fourth-order valence-electron chi connectivity index (χ4n) is 3.84. The van der Waals surface area contributed by atoms with E-state index in [1.54, 1.807) is 18.2 Å². The zero-order valence-electron chi connectivity index (χ0n) is 18.2. The molecule has 29 heavy (non-hydrogen) atoms. The van der Waals surface area contributed by atoms with Gasteiger partial charge in [-0.05, 0) is 62.6 Å². The lowest BCUT2D eigenvalue weighted by Gasteiger charge is -2.36. The summed E-state index contributed by atoms with van der Waals surface area (Å²) >= 11 is 0. The first-order valence-corrected chi connectivity index (χ1v) is 10.6. The van der Waals surface area contributed by atoms with Crippen molar-refractivity contribution >= 4 is 11.9 Å². The molecule has 0 aliphatic heterocycles. The summed E-state index contributed by atoms with van der Waals surface area (Å²) < 4.78 is 21.9. The fourth-order valence-corrected chi connectivity index (χ4v) is 3.84. The Labute approximate surface area is 173 Å². The van der Waals surface area contributed by atoms with Gasteiger partial charge in [-0.2, -0.15) is 0 Å². The molecule has 1 aliphatic rings. The van der Waals surface area contributed by atoms with Crippen LogP contribution in [0.25, 0.3) is 0 Å². The summed E-state index contributed by atoms with van der Waals surface area (Å²) in [5.41, 5.74) is 0.302. The minimum absolute atomic E-state index is 0.111. The van der Waals surface area contributed by atoms with Crippen LogP contribution in [0.2, 0.25) is 0 Å². The van der Waals surface area contributed by atoms with Crippen molar-refractivity contribution in [2.45, 2.75) is 60.0 Å². The van der Waals surface area contributed by atoms with E-state index in [1.165, 1.54) is 0 Å². The van der Waals surface area contributed by atoms with E-state index in [9.17, 15) is 9.59 Å². The molecule has 0 N–H and O–H groups in total. The summed E-state index contributed by atoms with van der Waals surface area (Å²) in [6.45, 7) is 10.8. The van der Waals surface area contributed by atoms with Crippen molar-refractivity contribution < 1.29 is 28.5 Å². The van der Waals surface area contributed by atoms with Gasteiger partial charge in [-0.25, -0.2) is 9.59 Å². The first-order chi connectivity index (χ1) is 13.8. The standard InChI is InChI=1S/C23H34O6/c1-6-26-19-11-9-17(13-21(19)27-7-2)23(25)28-14-22(24)29-20-12-16(5)8-10-18(20)15(3)4/h9,11,13,15-16,18,20H,6-8,10,12,14H2,1-5H3/t16-,18+,20-/m0/s1. The van der Waals surface area contributed by atoms with Crippen LogP contribution in [-0.2, 0) is 14.3 Å². The largest absolute Gasteiger partial charge is 0.490 e. The second kappa shape index (κ2) is 11.1. The average Bonchev–Trinajstić information content (AvgIpc) is 2.67. The van der Waals surface area contributed by atoms with Gasteiger partial charge in [-0.3, -0.25) is 0 Å². The molecule has 1 saturated carbocycles. The van der Waals surface area contributed by atoms with Crippen LogP contribution in [0.15, 0.2) is 18.2 Å². The van der Waals surface area contributed by atoms with Crippen molar-refractivity contribution in [1.82, 2.24) is 0 Å². The van der Waals surface area contributed by atoms with Gasteiger partial charge in [0.15, 0.2) is 18.1 Å². The Morgan fingerprint density at radius 2 is 1.76 bits per heavy atom. The lowest BCUT2D eigenvalue weighted by molar-refractivity contribution is -0.159. The third-order valence-electron chi connectivity index (χ3n) is 5.34. The van der Waals surface area contributed by atoms with Gasteiger partial charge in [0.25, 0.3) is 0 Å². The lowest BCUT2D eigenvalue weighted by atomic mass is 9.75. The minimum atomic E-state index is -0.594. The molecule has 6 heteroatoms. The van der Waals surface area contributed by atoms with E-state index < -0.39 is 18.5 Å². The molecule has 0 amide bonds. The van der Waals surface area contributed by atoms with Crippen molar-refractivity contribution in [2.75, 3.05) is 19.8 Å². The third kappa shape index (κ3) is 6.65. The fraction of sp³-hybridized carbons (Fsp3) is 0.652. The lowest BCUT2D eigenvalue weighted by Crippen LogP contribution is -2.36. The molecule has 0 heterocycles. The van der Waals surface area contributed by atoms with Gasteiger partial charge in [-0.15, -0.1) is 0 Å². The Morgan fingerprint density at radius 3 is 2.41 bits per heavy atom. The Bertz CT molecular complexity index is 684.